The number of allylic oxidation sites excluding steroid dienone is 2. The largest absolute Gasteiger partial charge is 0.462 e. The number of esters is 2. The van der Waals surface area contributed by atoms with E-state index < -0.39 is 92.7 Å². The molecule has 0 aliphatic carbocycles. The first-order valence-electron chi connectivity index (χ1n) is 24.8. The number of hydrogen-bond acceptors (Lipinski definition) is 15. The number of ether oxygens (including phenoxy) is 6. The van der Waals surface area contributed by atoms with E-state index in [-0.39, 0.29) is 26.1 Å². The molecule has 0 aromatic heterocycles. The highest BCUT2D eigenvalue weighted by atomic mass is 16.7. The van der Waals surface area contributed by atoms with Crippen LogP contribution in [0.3, 0.4) is 0 Å². The van der Waals surface area contributed by atoms with Gasteiger partial charge in [0.2, 0.25) is 0 Å². The van der Waals surface area contributed by atoms with Gasteiger partial charge in [-0.2, -0.15) is 0 Å². The third-order valence-electron chi connectivity index (χ3n) is 12.0. The lowest BCUT2D eigenvalue weighted by Gasteiger charge is -2.42. The second-order valence-corrected chi connectivity index (χ2v) is 17.6. The SMILES string of the molecule is CCCCCC/C=C\CCCCCCCC(=O)OC(COC(=O)CCCCCCCCCCCCCCCC)COC1OC(COC2OC(CO)C(O)C(O)C2O)C(O)C(O)C1O. The van der Waals surface area contributed by atoms with Gasteiger partial charge < -0.3 is 64.2 Å². The smallest absolute Gasteiger partial charge is 0.306 e. The summed E-state index contributed by atoms with van der Waals surface area (Å²) < 4.78 is 33.5. The van der Waals surface area contributed by atoms with Crippen molar-refractivity contribution in [3.8, 4) is 0 Å². The molecule has 0 aromatic rings. The maximum atomic E-state index is 13.0. The lowest BCUT2D eigenvalue weighted by atomic mass is 9.98. The predicted molar refractivity (Wildman–Crippen MR) is 238 cm³/mol. The van der Waals surface area contributed by atoms with E-state index in [2.05, 4.69) is 26.0 Å². The van der Waals surface area contributed by atoms with Gasteiger partial charge in [-0.05, 0) is 38.5 Å². The van der Waals surface area contributed by atoms with Crippen molar-refractivity contribution in [3.63, 3.8) is 0 Å². The zero-order valence-corrected chi connectivity index (χ0v) is 38.8. The Balaban J connectivity index is 1.83. The Bertz CT molecular complexity index is 1160. The van der Waals surface area contributed by atoms with E-state index in [4.69, 9.17) is 28.4 Å². The third-order valence-corrected chi connectivity index (χ3v) is 12.0. The Morgan fingerprint density at radius 3 is 1.41 bits per heavy atom. The van der Waals surface area contributed by atoms with Crippen molar-refractivity contribution in [1.82, 2.24) is 0 Å². The van der Waals surface area contributed by atoms with Gasteiger partial charge in [0.15, 0.2) is 18.7 Å². The first kappa shape index (κ1) is 57.4. The van der Waals surface area contributed by atoms with Gasteiger partial charge in [-0.3, -0.25) is 9.59 Å². The van der Waals surface area contributed by atoms with Crippen LogP contribution >= 0.6 is 0 Å². The summed E-state index contributed by atoms with van der Waals surface area (Å²) in [6.07, 6.45) is 16.7. The van der Waals surface area contributed by atoms with Crippen LogP contribution < -0.4 is 0 Å². The van der Waals surface area contributed by atoms with Gasteiger partial charge in [-0.25, -0.2) is 0 Å². The van der Waals surface area contributed by atoms with Crippen LogP contribution in [0.25, 0.3) is 0 Å². The molecule has 11 atom stereocenters. The van der Waals surface area contributed by atoms with E-state index in [1.165, 1.54) is 89.9 Å². The molecule has 15 nitrogen and oxygen atoms in total. The fourth-order valence-electron chi connectivity index (χ4n) is 7.86. The van der Waals surface area contributed by atoms with E-state index in [1.54, 1.807) is 0 Å². The molecule has 7 N–H and O–H groups in total. The molecule has 0 saturated carbocycles. The highest BCUT2D eigenvalue weighted by Gasteiger charge is 2.47. The van der Waals surface area contributed by atoms with Gasteiger partial charge >= 0.3 is 11.9 Å². The summed E-state index contributed by atoms with van der Waals surface area (Å²) >= 11 is 0. The van der Waals surface area contributed by atoms with Crippen molar-refractivity contribution >= 4 is 11.9 Å². The molecule has 0 amide bonds. The average Bonchev–Trinajstić information content (AvgIpc) is 3.28. The van der Waals surface area contributed by atoms with E-state index in [9.17, 15) is 45.3 Å². The van der Waals surface area contributed by atoms with Crippen molar-refractivity contribution in [2.45, 2.75) is 255 Å². The number of aliphatic hydroxyl groups excluding tert-OH is 7. The summed E-state index contributed by atoms with van der Waals surface area (Å²) in [7, 11) is 0. The zero-order chi connectivity index (χ0) is 46.1. The quantitative estimate of drug-likeness (QED) is 0.0208. The number of hydrogen-bond donors (Lipinski definition) is 7. The van der Waals surface area contributed by atoms with E-state index in [0.29, 0.717) is 12.8 Å². The molecule has 2 saturated heterocycles. The minimum absolute atomic E-state index is 0.159. The van der Waals surface area contributed by atoms with Gasteiger partial charge in [-0.15, -0.1) is 0 Å². The Morgan fingerprint density at radius 2 is 0.905 bits per heavy atom. The van der Waals surface area contributed by atoms with Gasteiger partial charge in [0, 0.05) is 12.8 Å². The molecule has 2 aliphatic heterocycles. The molecular weight excluding hydrogens is 817 g/mol. The third kappa shape index (κ3) is 25.1. The topological polar surface area (TPSA) is 231 Å². The highest BCUT2D eigenvalue weighted by molar-refractivity contribution is 5.70. The first-order chi connectivity index (χ1) is 30.5. The molecule has 0 bridgehead atoms. The lowest BCUT2D eigenvalue weighted by Crippen LogP contribution is -2.61. The maximum Gasteiger partial charge on any atom is 0.306 e. The number of carbonyl (C=O) groups is 2. The van der Waals surface area contributed by atoms with E-state index in [1.807, 2.05) is 0 Å². The number of unbranched alkanes of at least 4 members (excludes halogenated alkanes) is 22. The van der Waals surface area contributed by atoms with Gasteiger partial charge in [0.25, 0.3) is 0 Å². The molecule has 0 aromatic carbocycles. The first-order valence-corrected chi connectivity index (χ1v) is 24.8. The monoisotopic (exact) mass is 905 g/mol. The van der Waals surface area contributed by atoms with Gasteiger partial charge in [0.05, 0.1) is 19.8 Å². The van der Waals surface area contributed by atoms with Crippen molar-refractivity contribution < 1.29 is 73.8 Å². The van der Waals surface area contributed by atoms with Crippen molar-refractivity contribution in [1.29, 1.82) is 0 Å². The average molecular weight is 905 g/mol. The minimum atomic E-state index is -1.76. The fraction of sp³-hybridized carbons (Fsp3) is 0.917. The number of carbonyl (C=O) groups excluding carboxylic acids is 2. The second kappa shape index (κ2) is 36.4. The lowest BCUT2D eigenvalue weighted by molar-refractivity contribution is -0.332. The minimum Gasteiger partial charge on any atom is -0.462 e. The summed E-state index contributed by atoms with van der Waals surface area (Å²) in [4.78, 5) is 25.7. The van der Waals surface area contributed by atoms with E-state index in [0.717, 1.165) is 57.8 Å². The number of rotatable bonds is 38. The number of aliphatic hydroxyl groups is 7. The van der Waals surface area contributed by atoms with Gasteiger partial charge in [-0.1, -0.05) is 148 Å². The van der Waals surface area contributed by atoms with Gasteiger partial charge in [0.1, 0.15) is 55.4 Å². The van der Waals surface area contributed by atoms with Crippen molar-refractivity contribution in [2.75, 3.05) is 26.4 Å². The molecule has 63 heavy (non-hydrogen) atoms. The molecule has 2 heterocycles. The van der Waals surface area contributed by atoms with Crippen molar-refractivity contribution in [3.05, 3.63) is 12.2 Å². The summed E-state index contributed by atoms with van der Waals surface area (Å²) in [6, 6.07) is 0. The maximum absolute atomic E-state index is 13.0. The highest BCUT2D eigenvalue weighted by Crippen LogP contribution is 2.26. The molecule has 0 spiro atoms. The van der Waals surface area contributed by atoms with Crippen LogP contribution in [0.1, 0.15) is 187 Å². The Hall–Kier alpha value is -1.76. The zero-order valence-electron chi connectivity index (χ0n) is 38.8. The summed E-state index contributed by atoms with van der Waals surface area (Å²) in [5, 5.41) is 71.9. The Labute approximate surface area is 378 Å². The molecule has 2 aliphatic rings. The second-order valence-electron chi connectivity index (χ2n) is 17.6. The molecular formula is C48H88O15. The standard InChI is InChI=1S/C48H88O15/c1-3-5-7-9-11-13-15-17-19-20-22-24-26-28-30-39(50)58-33-36(61-40(51)31-29-27-25-23-21-18-16-14-12-10-8-6-4-2)34-59-47-46(57)44(55)42(53)38(63-47)35-60-48-45(56)43(54)41(52)37(32-49)62-48/h14,16,36-38,41-49,52-57H,3-13,15,17-35H2,1-2H3/b16-14-. The van der Waals surface area contributed by atoms with Crippen LogP contribution in [0.4, 0.5) is 0 Å². The molecule has 15 heteroatoms. The normalized spacial score (nSPS) is 26.9. The Morgan fingerprint density at radius 1 is 0.492 bits per heavy atom. The molecule has 2 fully saturated rings. The van der Waals surface area contributed by atoms with E-state index >= 15 is 0 Å². The van der Waals surface area contributed by atoms with Crippen molar-refractivity contribution in [2.24, 2.45) is 0 Å². The Kier molecular flexibility index (Phi) is 33.1. The van der Waals surface area contributed by atoms with Crippen LogP contribution in [-0.2, 0) is 38.0 Å². The van der Waals surface area contributed by atoms with Crippen LogP contribution in [0.15, 0.2) is 12.2 Å². The molecule has 0 radical (unpaired) electrons. The van der Waals surface area contributed by atoms with Crippen LogP contribution in [0.5, 0.6) is 0 Å². The summed E-state index contributed by atoms with van der Waals surface area (Å²) in [6.45, 7) is 2.57. The fourth-order valence-corrected chi connectivity index (χ4v) is 7.86. The van der Waals surface area contributed by atoms with Crippen LogP contribution in [0.2, 0.25) is 0 Å². The molecule has 2 rings (SSSR count). The summed E-state index contributed by atoms with van der Waals surface area (Å²) in [5.41, 5.74) is 0. The summed E-state index contributed by atoms with van der Waals surface area (Å²) in [5.74, 6) is -0.928. The molecule has 11 unspecified atom stereocenters. The van der Waals surface area contributed by atoms with Crippen LogP contribution in [0, 0.1) is 0 Å². The predicted octanol–water partition coefficient (Wildman–Crippen LogP) is 6.21. The molecule has 370 valence electrons. The van der Waals surface area contributed by atoms with Crippen LogP contribution in [-0.4, -0.2) is 142 Å².